The minimum atomic E-state index is -3.27. The molecule has 2 rings (SSSR count). The van der Waals surface area contributed by atoms with Crippen LogP contribution in [0.4, 0.5) is 11.4 Å². The van der Waals surface area contributed by atoms with Gasteiger partial charge in [-0.3, -0.25) is 4.79 Å². The molecule has 0 aliphatic heterocycles. The van der Waals surface area contributed by atoms with Crippen LogP contribution in [0.5, 0.6) is 0 Å². The number of anilines is 2. The Morgan fingerprint density at radius 3 is 2.57 bits per heavy atom. The molecule has 0 fully saturated rings. The van der Waals surface area contributed by atoms with E-state index in [0.29, 0.717) is 5.69 Å². The molecule has 5 nitrogen and oxygen atoms in total. The molecule has 0 saturated heterocycles. The monoisotopic (exact) mass is 396 g/mol. The maximum Gasteiger partial charge on any atom is 0.243 e. The third-order valence-corrected chi connectivity index (χ3v) is 4.78. The Kier molecular flexibility index (Phi) is 5.43. The largest absolute Gasteiger partial charge is 0.376 e. The van der Waals surface area contributed by atoms with Crippen LogP contribution < -0.4 is 10.6 Å². The number of benzene rings is 2. The van der Waals surface area contributed by atoms with Gasteiger partial charge in [-0.1, -0.05) is 22.0 Å². The topological polar surface area (TPSA) is 75.3 Å². The molecule has 0 radical (unpaired) electrons. The summed E-state index contributed by atoms with van der Waals surface area (Å²) in [6.45, 7) is 1.95. The van der Waals surface area contributed by atoms with Crippen LogP contribution in [0.1, 0.15) is 5.56 Å². The summed E-state index contributed by atoms with van der Waals surface area (Å²) in [6, 6.07) is 12.0. The van der Waals surface area contributed by atoms with Crippen LogP contribution in [0.15, 0.2) is 51.8 Å². The highest BCUT2D eigenvalue weighted by molar-refractivity contribution is 9.10. The third-order valence-electron chi connectivity index (χ3n) is 3.18. The summed E-state index contributed by atoms with van der Waals surface area (Å²) in [5.74, 6) is -0.208. The normalized spacial score (nSPS) is 11.1. The quantitative estimate of drug-likeness (QED) is 0.813. The number of carbonyl (C=O) groups is 1. The second-order valence-electron chi connectivity index (χ2n) is 5.16. The van der Waals surface area contributed by atoms with Gasteiger partial charge < -0.3 is 10.6 Å². The van der Waals surface area contributed by atoms with Crippen LogP contribution in [0.3, 0.4) is 0 Å². The Morgan fingerprint density at radius 2 is 1.91 bits per heavy atom. The molecule has 122 valence electrons. The number of aryl methyl sites for hydroxylation is 1. The number of hydrogen-bond acceptors (Lipinski definition) is 4. The molecule has 7 heteroatoms. The van der Waals surface area contributed by atoms with Gasteiger partial charge in [0.15, 0.2) is 9.84 Å². The van der Waals surface area contributed by atoms with Gasteiger partial charge >= 0.3 is 0 Å². The second kappa shape index (κ2) is 7.14. The summed E-state index contributed by atoms with van der Waals surface area (Å²) in [6.07, 6.45) is 1.15. The van der Waals surface area contributed by atoms with Gasteiger partial charge in [0, 0.05) is 22.1 Å². The summed E-state index contributed by atoms with van der Waals surface area (Å²) in [7, 11) is -3.27. The molecule has 0 aliphatic carbocycles. The summed E-state index contributed by atoms with van der Waals surface area (Å²) in [5.41, 5.74) is 2.27. The fraction of sp³-hybridized carbons (Fsp3) is 0.188. The molecule has 0 saturated carbocycles. The maximum absolute atomic E-state index is 12.0. The van der Waals surface area contributed by atoms with Crippen molar-refractivity contribution in [2.75, 3.05) is 23.4 Å². The van der Waals surface area contributed by atoms with Crippen molar-refractivity contribution in [3.63, 3.8) is 0 Å². The molecule has 0 heterocycles. The van der Waals surface area contributed by atoms with Crippen LogP contribution in [0.25, 0.3) is 0 Å². The van der Waals surface area contributed by atoms with Gasteiger partial charge in [0.2, 0.25) is 5.91 Å². The summed E-state index contributed by atoms with van der Waals surface area (Å²) < 4.78 is 24.0. The molecular weight excluding hydrogens is 380 g/mol. The van der Waals surface area contributed by atoms with Gasteiger partial charge in [-0.05, 0) is 48.9 Å². The number of amides is 1. The molecule has 23 heavy (non-hydrogen) atoms. The highest BCUT2D eigenvalue weighted by atomic mass is 79.9. The fourth-order valence-electron chi connectivity index (χ4n) is 1.98. The molecule has 2 N–H and O–H groups in total. The number of nitrogens with one attached hydrogen (secondary N) is 2. The highest BCUT2D eigenvalue weighted by Crippen LogP contribution is 2.20. The van der Waals surface area contributed by atoms with E-state index < -0.39 is 9.84 Å². The molecule has 0 unspecified atom stereocenters. The lowest BCUT2D eigenvalue weighted by Gasteiger charge is -2.10. The van der Waals surface area contributed by atoms with Crippen LogP contribution in [-0.4, -0.2) is 27.1 Å². The van der Waals surface area contributed by atoms with Crippen molar-refractivity contribution in [3.8, 4) is 0 Å². The van der Waals surface area contributed by atoms with Crippen molar-refractivity contribution >= 4 is 43.0 Å². The first-order chi connectivity index (χ1) is 10.8. The predicted octanol–water partition coefficient (Wildman–Crippen LogP) is 3.21. The van der Waals surface area contributed by atoms with Crippen molar-refractivity contribution in [3.05, 3.63) is 52.5 Å². The summed E-state index contributed by atoms with van der Waals surface area (Å²) >= 11 is 3.37. The Bertz CT molecular complexity index is 835. The fourth-order valence-corrected chi connectivity index (χ4v) is 3.12. The zero-order chi connectivity index (χ0) is 17.0. The number of halogens is 1. The maximum atomic E-state index is 12.0. The highest BCUT2D eigenvalue weighted by Gasteiger charge is 2.09. The Balaban J connectivity index is 1.99. The van der Waals surface area contributed by atoms with E-state index in [0.717, 1.165) is 22.0 Å². The lowest BCUT2D eigenvalue weighted by atomic mass is 10.2. The van der Waals surface area contributed by atoms with E-state index in [9.17, 15) is 13.2 Å². The van der Waals surface area contributed by atoms with Crippen molar-refractivity contribution in [2.45, 2.75) is 11.8 Å². The SMILES string of the molecule is Cc1cc(Br)ccc1NC(=O)CNc1cccc(S(C)(=O)=O)c1. The third kappa shape index (κ3) is 5.07. The molecular formula is C16H17BrN2O3S. The molecule has 2 aromatic carbocycles. The summed E-state index contributed by atoms with van der Waals surface area (Å²) in [5, 5.41) is 5.73. The summed E-state index contributed by atoms with van der Waals surface area (Å²) in [4.78, 5) is 12.2. The molecule has 1 amide bonds. The van der Waals surface area contributed by atoms with Crippen LogP contribution in [0.2, 0.25) is 0 Å². The van der Waals surface area contributed by atoms with Crippen molar-refractivity contribution < 1.29 is 13.2 Å². The van der Waals surface area contributed by atoms with Crippen LogP contribution in [-0.2, 0) is 14.6 Å². The smallest absolute Gasteiger partial charge is 0.243 e. The Morgan fingerprint density at radius 1 is 1.17 bits per heavy atom. The van der Waals surface area contributed by atoms with E-state index >= 15 is 0 Å². The first kappa shape index (κ1) is 17.5. The van der Waals surface area contributed by atoms with Gasteiger partial charge in [0.05, 0.1) is 11.4 Å². The van der Waals surface area contributed by atoms with E-state index in [1.165, 1.54) is 12.1 Å². The van der Waals surface area contributed by atoms with E-state index in [2.05, 4.69) is 26.6 Å². The van der Waals surface area contributed by atoms with E-state index in [-0.39, 0.29) is 17.3 Å². The second-order valence-corrected chi connectivity index (χ2v) is 8.09. The zero-order valence-electron chi connectivity index (χ0n) is 12.8. The Labute approximate surface area is 144 Å². The number of sulfone groups is 1. The zero-order valence-corrected chi connectivity index (χ0v) is 15.2. The molecule has 0 aromatic heterocycles. The first-order valence-electron chi connectivity index (χ1n) is 6.86. The first-order valence-corrected chi connectivity index (χ1v) is 9.54. The van der Waals surface area contributed by atoms with Gasteiger partial charge in [-0.25, -0.2) is 8.42 Å². The van der Waals surface area contributed by atoms with Gasteiger partial charge in [0.25, 0.3) is 0 Å². The average Bonchev–Trinajstić information content (AvgIpc) is 2.47. The lowest BCUT2D eigenvalue weighted by molar-refractivity contribution is -0.114. The van der Waals surface area contributed by atoms with Crippen LogP contribution >= 0.6 is 15.9 Å². The number of rotatable bonds is 5. The predicted molar refractivity (Wildman–Crippen MR) is 95.6 cm³/mol. The minimum absolute atomic E-state index is 0.0444. The lowest BCUT2D eigenvalue weighted by Crippen LogP contribution is -2.22. The molecule has 0 spiro atoms. The number of hydrogen-bond donors (Lipinski definition) is 2. The van der Waals surface area contributed by atoms with Crippen LogP contribution in [0, 0.1) is 6.92 Å². The van der Waals surface area contributed by atoms with E-state index in [1.807, 2.05) is 25.1 Å². The van der Waals surface area contributed by atoms with Gasteiger partial charge in [0.1, 0.15) is 0 Å². The number of carbonyl (C=O) groups excluding carboxylic acids is 1. The van der Waals surface area contributed by atoms with Gasteiger partial charge in [-0.15, -0.1) is 0 Å². The Hall–Kier alpha value is -1.86. The van der Waals surface area contributed by atoms with Crippen molar-refractivity contribution in [1.29, 1.82) is 0 Å². The minimum Gasteiger partial charge on any atom is -0.376 e. The standard InChI is InChI=1S/C16H17BrN2O3S/c1-11-8-12(17)6-7-15(11)19-16(20)10-18-13-4-3-5-14(9-13)23(2,21)22/h3-9,18H,10H2,1-2H3,(H,19,20). The van der Waals surface area contributed by atoms with Crippen molar-refractivity contribution in [2.24, 2.45) is 0 Å². The van der Waals surface area contributed by atoms with E-state index in [1.54, 1.807) is 12.1 Å². The molecule has 0 aliphatic rings. The van der Waals surface area contributed by atoms with Gasteiger partial charge in [-0.2, -0.15) is 0 Å². The molecule has 0 bridgehead atoms. The molecule has 2 aromatic rings. The molecule has 0 atom stereocenters. The van der Waals surface area contributed by atoms with E-state index in [4.69, 9.17) is 0 Å². The van der Waals surface area contributed by atoms with Crippen molar-refractivity contribution in [1.82, 2.24) is 0 Å². The average molecular weight is 397 g/mol.